The lowest BCUT2D eigenvalue weighted by molar-refractivity contribution is -0.144. The van der Waals surface area contributed by atoms with Gasteiger partial charge in [-0.2, -0.15) is 5.10 Å². The number of esters is 2. The monoisotopic (exact) mass is 356 g/mol. The molecule has 11 nitrogen and oxygen atoms in total. The molecule has 0 aromatic carbocycles. The lowest BCUT2D eigenvalue weighted by atomic mass is 10.1. The van der Waals surface area contributed by atoms with Gasteiger partial charge in [-0.05, 0) is 6.92 Å². The zero-order valence-corrected chi connectivity index (χ0v) is 14.1. The van der Waals surface area contributed by atoms with Gasteiger partial charge in [0.1, 0.15) is 0 Å². The third-order valence-electron chi connectivity index (χ3n) is 2.98. The van der Waals surface area contributed by atoms with Gasteiger partial charge in [-0.1, -0.05) is 0 Å². The second kappa shape index (κ2) is 9.90. The molecule has 25 heavy (non-hydrogen) atoms. The third-order valence-corrected chi connectivity index (χ3v) is 2.98. The van der Waals surface area contributed by atoms with E-state index in [2.05, 4.69) is 24.6 Å². The van der Waals surface area contributed by atoms with Crippen molar-refractivity contribution in [2.75, 3.05) is 26.1 Å². The van der Waals surface area contributed by atoms with Gasteiger partial charge in [-0.25, -0.2) is 14.9 Å². The topological polar surface area (TPSA) is 138 Å². The Kier molecular flexibility index (Phi) is 7.90. The maximum absolute atomic E-state index is 11.6. The van der Waals surface area contributed by atoms with Crippen LogP contribution in [0.3, 0.4) is 0 Å². The van der Waals surface area contributed by atoms with Crippen LogP contribution in [0.25, 0.3) is 0 Å². The number of imide groups is 1. The van der Waals surface area contributed by atoms with E-state index in [0.29, 0.717) is 0 Å². The number of rotatable bonds is 7. The minimum Gasteiger partial charge on any atom is -0.469 e. The van der Waals surface area contributed by atoms with E-state index in [1.165, 1.54) is 31.3 Å². The molecular weight excluding hydrogens is 336 g/mol. The summed E-state index contributed by atoms with van der Waals surface area (Å²) in [7, 11) is 2.46. The van der Waals surface area contributed by atoms with E-state index in [-0.39, 0.29) is 25.1 Å². The summed E-state index contributed by atoms with van der Waals surface area (Å²) in [5.41, 5.74) is 0.251. The summed E-state index contributed by atoms with van der Waals surface area (Å²) < 4.78 is 15.1. The molecule has 0 saturated carbocycles. The average Bonchev–Trinajstić information content (AvgIpc) is 3.02. The Bertz CT molecular complexity index is 610. The van der Waals surface area contributed by atoms with Gasteiger partial charge in [-0.15, -0.1) is 0 Å². The average molecular weight is 356 g/mol. The number of hydrogen-bond donors (Lipinski definition) is 2. The Hall–Kier alpha value is -3.11. The van der Waals surface area contributed by atoms with Crippen LogP contribution in [0.2, 0.25) is 0 Å². The number of urea groups is 1. The van der Waals surface area contributed by atoms with Crippen LogP contribution in [-0.4, -0.2) is 54.7 Å². The molecule has 3 amide bonds. The number of aromatic nitrogens is 2. The smallest absolute Gasteiger partial charge is 0.415 e. The van der Waals surface area contributed by atoms with Crippen LogP contribution in [0.1, 0.15) is 25.8 Å². The molecule has 0 spiro atoms. The van der Waals surface area contributed by atoms with Gasteiger partial charge in [0.05, 0.1) is 51.6 Å². The molecule has 0 aliphatic carbocycles. The third kappa shape index (κ3) is 6.89. The normalized spacial score (nSPS) is 10.1. The fourth-order valence-corrected chi connectivity index (χ4v) is 1.84. The largest absolute Gasteiger partial charge is 0.469 e. The van der Waals surface area contributed by atoms with E-state index >= 15 is 0 Å². The summed E-state index contributed by atoms with van der Waals surface area (Å²) in [5.74, 6) is -1.06. The Balaban J connectivity index is 2.76. The molecule has 1 aromatic heterocycles. The summed E-state index contributed by atoms with van der Waals surface area (Å²) in [6.45, 7) is 1.73. The Labute approximate surface area is 143 Å². The number of nitrogens with zero attached hydrogens (tertiary/aromatic N) is 2. The first-order valence-electron chi connectivity index (χ1n) is 7.32. The van der Waals surface area contributed by atoms with Crippen molar-refractivity contribution in [3.05, 3.63) is 12.4 Å². The highest BCUT2D eigenvalue weighted by atomic mass is 16.5. The van der Waals surface area contributed by atoms with E-state index < -0.39 is 30.1 Å². The molecular formula is C14H20N4O7. The molecule has 1 heterocycles. The van der Waals surface area contributed by atoms with Crippen molar-refractivity contribution in [2.45, 2.75) is 25.8 Å². The molecule has 138 valence electrons. The van der Waals surface area contributed by atoms with Gasteiger partial charge in [-0.3, -0.25) is 14.3 Å². The summed E-state index contributed by atoms with van der Waals surface area (Å²) in [4.78, 5) is 45.7. The van der Waals surface area contributed by atoms with Gasteiger partial charge in [0.25, 0.3) is 0 Å². The van der Waals surface area contributed by atoms with E-state index in [1.54, 1.807) is 6.92 Å². The predicted molar refractivity (Wildman–Crippen MR) is 83.7 cm³/mol. The SMILES string of the molecule is CCOC(=O)NC(=O)Nc1cnn(C(CC(=O)OC)CC(=O)OC)c1. The summed E-state index contributed by atoms with van der Waals surface area (Å²) in [5, 5.41) is 8.33. The number of alkyl carbamates (subject to hydrolysis) is 1. The summed E-state index contributed by atoms with van der Waals surface area (Å²) in [6, 6.07) is -1.46. The van der Waals surface area contributed by atoms with Crippen molar-refractivity contribution >= 4 is 29.8 Å². The van der Waals surface area contributed by atoms with Crippen molar-refractivity contribution in [3.8, 4) is 0 Å². The highest BCUT2D eigenvalue weighted by Crippen LogP contribution is 2.19. The van der Waals surface area contributed by atoms with Crippen molar-refractivity contribution in [2.24, 2.45) is 0 Å². The quantitative estimate of drug-likeness (QED) is 0.541. The molecule has 0 fully saturated rings. The zero-order valence-electron chi connectivity index (χ0n) is 14.1. The summed E-state index contributed by atoms with van der Waals surface area (Å²) in [6.07, 6.45) is 1.60. The number of amides is 3. The number of hydrogen-bond acceptors (Lipinski definition) is 8. The number of ether oxygens (including phenoxy) is 3. The van der Waals surface area contributed by atoms with Crippen molar-refractivity contribution < 1.29 is 33.4 Å². The second-order valence-corrected chi connectivity index (χ2v) is 4.72. The van der Waals surface area contributed by atoms with Crippen molar-refractivity contribution in [1.29, 1.82) is 0 Å². The van der Waals surface area contributed by atoms with Crippen molar-refractivity contribution in [3.63, 3.8) is 0 Å². The molecule has 2 N–H and O–H groups in total. The number of carbonyl (C=O) groups is 4. The fourth-order valence-electron chi connectivity index (χ4n) is 1.84. The fraction of sp³-hybridized carbons (Fsp3) is 0.500. The minimum absolute atomic E-state index is 0.109. The molecule has 11 heteroatoms. The van der Waals surface area contributed by atoms with Gasteiger partial charge < -0.3 is 19.5 Å². The Morgan fingerprint density at radius 3 is 2.28 bits per heavy atom. The first-order valence-corrected chi connectivity index (χ1v) is 7.32. The zero-order chi connectivity index (χ0) is 18.8. The molecule has 0 atom stereocenters. The number of anilines is 1. The van der Waals surface area contributed by atoms with E-state index in [0.717, 1.165) is 0 Å². The molecule has 1 rings (SSSR count). The molecule has 1 aromatic rings. The first-order chi connectivity index (χ1) is 11.9. The van der Waals surface area contributed by atoms with Gasteiger partial charge in [0, 0.05) is 6.20 Å². The minimum atomic E-state index is -0.887. The van der Waals surface area contributed by atoms with Crippen molar-refractivity contribution in [1.82, 2.24) is 15.1 Å². The Morgan fingerprint density at radius 2 is 1.76 bits per heavy atom. The van der Waals surface area contributed by atoms with E-state index in [4.69, 9.17) is 0 Å². The van der Waals surface area contributed by atoms with Crippen LogP contribution < -0.4 is 10.6 Å². The van der Waals surface area contributed by atoms with Crippen LogP contribution in [0.5, 0.6) is 0 Å². The van der Waals surface area contributed by atoms with Crippen LogP contribution in [-0.2, 0) is 23.8 Å². The van der Waals surface area contributed by atoms with E-state index in [9.17, 15) is 19.2 Å². The molecule has 0 aliphatic rings. The van der Waals surface area contributed by atoms with Crippen LogP contribution in [0.4, 0.5) is 15.3 Å². The number of methoxy groups -OCH3 is 2. The molecule has 0 saturated heterocycles. The molecule has 0 radical (unpaired) electrons. The number of nitrogens with one attached hydrogen (secondary N) is 2. The van der Waals surface area contributed by atoms with Crippen LogP contribution in [0, 0.1) is 0 Å². The Morgan fingerprint density at radius 1 is 1.16 bits per heavy atom. The summed E-state index contributed by atoms with van der Waals surface area (Å²) >= 11 is 0. The molecule has 0 bridgehead atoms. The van der Waals surface area contributed by atoms with Gasteiger partial charge in [0.15, 0.2) is 0 Å². The van der Waals surface area contributed by atoms with Crippen LogP contribution in [0.15, 0.2) is 12.4 Å². The maximum Gasteiger partial charge on any atom is 0.415 e. The molecule has 0 unspecified atom stereocenters. The van der Waals surface area contributed by atoms with Gasteiger partial charge in [0.2, 0.25) is 0 Å². The maximum atomic E-state index is 11.6. The predicted octanol–water partition coefficient (Wildman–Crippen LogP) is 0.828. The van der Waals surface area contributed by atoms with E-state index in [1.807, 2.05) is 5.32 Å². The van der Waals surface area contributed by atoms with Crippen LogP contribution >= 0.6 is 0 Å². The lowest BCUT2D eigenvalue weighted by Crippen LogP contribution is -2.34. The lowest BCUT2D eigenvalue weighted by Gasteiger charge is -2.15. The highest BCUT2D eigenvalue weighted by Gasteiger charge is 2.22. The highest BCUT2D eigenvalue weighted by molar-refractivity contribution is 5.98. The number of carbonyl (C=O) groups excluding carboxylic acids is 4. The standard InChI is InChI=1S/C14H20N4O7/c1-4-25-14(22)17-13(21)16-9-7-15-18(8-9)10(5-11(19)23-2)6-12(20)24-3/h7-8,10H,4-6H2,1-3H3,(H2,16,17,21,22). The molecule has 0 aliphatic heterocycles. The second-order valence-electron chi connectivity index (χ2n) is 4.72. The van der Waals surface area contributed by atoms with Gasteiger partial charge >= 0.3 is 24.1 Å². The first kappa shape index (κ1) is 19.9.